The van der Waals surface area contributed by atoms with Crippen LogP contribution < -0.4 is 10.1 Å². The summed E-state index contributed by atoms with van der Waals surface area (Å²) in [5, 5.41) is 3.44. The highest BCUT2D eigenvalue weighted by atomic mass is 79.9. The number of rotatable bonds is 6. The molecular formula is C17H20BrNO. The van der Waals surface area contributed by atoms with E-state index in [1.165, 1.54) is 17.5 Å². The second kappa shape index (κ2) is 7.34. The first kappa shape index (κ1) is 14.9. The van der Waals surface area contributed by atoms with Gasteiger partial charge in [-0.1, -0.05) is 41.4 Å². The Labute approximate surface area is 129 Å². The molecule has 0 aromatic heterocycles. The monoisotopic (exact) mass is 333 g/mol. The molecule has 0 unspecified atom stereocenters. The number of hydrogen-bond donors (Lipinski definition) is 1. The molecule has 0 bridgehead atoms. The normalized spacial score (nSPS) is 10.3. The molecule has 0 aliphatic heterocycles. The molecule has 0 saturated carbocycles. The van der Waals surface area contributed by atoms with Gasteiger partial charge in [0.05, 0.1) is 7.11 Å². The smallest absolute Gasteiger partial charge is 0.119 e. The molecular weight excluding hydrogens is 314 g/mol. The fraction of sp³-hybridized carbons (Fsp3) is 0.294. The predicted octanol–water partition coefficient (Wildman–Crippen LogP) is 5.02. The second-order valence-corrected chi connectivity index (χ2v) is 5.61. The number of methoxy groups -OCH3 is 1. The molecule has 0 atom stereocenters. The van der Waals surface area contributed by atoms with Gasteiger partial charge in [0, 0.05) is 16.7 Å². The summed E-state index contributed by atoms with van der Waals surface area (Å²) in [7, 11) is 1.69. The van der Waals surface area contributed by atoms with E-state index < -0.39 is 0 Å². The lowest BCUT2D eigenvalue weighted by atomic mass is 10.1. The van der Waals surface area contributed by atoms with Crippen molar-refractivity contribution >= 4 is 21.6 Å². The molecule has 2 aromatic carbocycles. The summed E-state index contributed by atoms with van der Waals surface area (Å²) in [5.74, 6) is 0.878. The van der Waals surface area contributed by atoms with Gasteiger partial charge in [-0.25, -0.2) is 0 Å². The molecule has 0 saturated heterocycles. The summed E-state index contributed by atoms with van der Waals surface area (Å²) in [6, 6.07) is 14.7. The maximum absolute atomic E-state index is 5.26. The van der Waals surface area contributed by atoms with Gasteiger partial charge in [-0.2, -0.15) is 0 Å². The van der Waals surface area contributed by atoms with E-state index in [1.807, 2.05) is 18.2 Å². The summed E-state index contributed by atoms with van der Waals surface area (Å²) in [4.78, 5) is 0. The van der Waals surface area contributed by atoms with Gasteiger partial charge in [0.2, 0.25) is 0 Å². The van der Waals surface area contributed by atoms with Crippen molar-refractivity contribution in [1.29, 1.82) is 0 Å². The van der Waals surface area contributed by atoms with E-state index in [-0.39, 0.29) is 0 Å². The molecule has 0 spiro atoms. The molecule has 0 aliphatic rings. The van der Waals surface area contributed by atoms with E-state index in [0.29, 0.717) is 0 Å². The van der Waals surface area contributed by atoms with Crippen LogP contribution in [0.2, 0.25) is 0 Å². The Morgan fingerprint density at radius 1 is 1.10 bits per heavy atom. The van der Waals surface area contributed by atoms with Crippen molar-refractivity contribution < 1.29 is 4.74 Å². The number of hydrogen-bond acceptors (Lipinski definition) is 2. The Morgan fingerprint density at radius 3 is 2.50 bits per heavy atom. The number of halogens is 1. The SMILES string of the molecule is CCCc1ccc(NCc2cc(OC)ccc2Br)cc1. The van der Waals surface area contributed by atoms with Gasteiger partial charge in [0.25, 0.3) is 0 Å². The Morgan fingerprint density at radius 2 is 1.85 bits per heavy atom. The molecule has 106 valence electrons. The largest absolute Gasteiger partial charge is 0.497 e. The molecule has 0 amide bonds. The Kier molecular flexibility index (Phi) is 5.48. The topological polar surface area (TPSA) is 21.3 Å². The third-order valence-electron chi connectivity index (χ3n) is 3.23. The summed E-state index contributed by atoms with van der Waals surface area (Å²) in [6.07, 6.45) is 2.32. The highest BCUT2D eigenvalue weighted by Gasteiger charge is 2.02. The quantitative estimate of drug-likeness (QED) is 0.801. The van der Waals surface area contributed by atoms with E-state index in [0.717, 1.165) is 28.9 Å². The summed E-state index contributed by atoms with van der Waals surface area (Å²) < 4.78 is 6.35. The van der Waals surface area contributed by atoms with Crippen LogP contribution in [0.1, 0.15) is 24.5 Å². The van der Waals surface area contributed by atoms with Gasteiger partial charge in [-0.05, 0) is 47.9 Å². The standard InChI is InChI=1S/C17H20BrNO/c1-3-4-13-5-7-15(8-6-13)19-12-14-11-16(20-2)9-10-17(14)18/h5-11,19H,3-4,12H2,1-2H3. The number of aryl methyl sites for hydroxylation is 1. The Hall–Kier alpha value is -1.48. The molecule has 2 nitrogen and oxygen atoms in total. The Balaban J connectivity index is 2.01. The predicted molar refractivity (Wildman–Crippen MR) is 88.5 cm³/mol. The molecule has 3 heteroatoms. The molecule has 0 fully saturated rings. The molecule has 2 rings (SSSR count). The molecule has 0 radical (unpaired) electrons. The van der Waals surface area contributed by atoms with Crippen LogP contribution in [0.4, 0.5) is 5.69 Å². The van der Waals surface area contributed by atoms with Crippen molar-refractivity contribution in [3.05, 3.63) is 58.1 Å². The minimum absolute atomic E-state index is 0.769. The van der Waals surface area contributed by atoms with Gasteiger partial charge < -0.3 is 10.1 Å². The third kappa shape index (κ3) is 4.01. The highest BCUT2D eigenvalue weighted by Crippen LogP contribution is 2.23. The van der Waals surface area contributed by atoms with E-state index in [9.17, 15) is 0 Å². The third-order valence-corrected chi connectivity index (χ3v) is 4.00. The lowest BCUT2D eigenvalue weighted by molar-refractivity contribution is 0.414. The van der Waals surface area contributed by atoms with Gasteiger partial charge in [0.15, 0.2) is 0 Å². The molecule has 2 aromatic rings. The van der Waals surface area contributed by atoms with Crippen molar-refractivity contribution in [2.24, 2.45) is 0 Å². The van der Waals surface area contributed by atoms with E-state index in [1.54, 1.807) is 7.11 Å². The second-order valence-electron chi connectivity index (χ2n) is 4.76. The number of nitrogens with one attached hydrogen (secondary N) is 1. The average molecular weight is 334 g/mol. The lowest BCUT2D eigenvalue weighted by Crippen LogP contribution is -2.00. The maximum atomic E-state index is 5.26. The van der Waals surface area contributed by atoms with Crippen molar-refractivity contribution in [2.75, 3.05) is 12.4 Å². The molecule has 1 N–H and O–H groups in total. The van der Waals surface area contributed by atoms with Crippen LogP contribution >= 0.6 is 15.9 Å². The van der Waals surface area contributed by atoms with Crippen molar-refractivity contribution in [1.82, 2.24) is 0 Å². The van der Waals surface area contributed by atoms with Gasteiger partial charge in [-0.3, -0.25) is 0 Å². The summed E-state index contributed by atoms with van der Waals surface area (Å²) in [6.45, 7) is 2.97. The van der Waals surface area contributed by atoms with Crippen LogP contribution in [0.25, 0.3) is 0 Å². The minimum atomic E-state index is 0.769. The van der Waals surface area contributed by atoms with Crippen LogP contribution in [-0.2, 0) is 13.0 Å². The fourth-order valence-electron chi connectivity index (χ4n) is 2.09. The van der Waals surface area contributed by atoms with Crippen molar-refractivity contribution in [2.45, 2.75) is 26.3 Å². The zero-order valence-corrected chi connectivity index (χ0v) is 13.5. The van der Waals surface area contributed by atoms with Gasteiger partial charge in [-0.15, -0.1) is 0 Å². The fourth-order valence-corrected chi connectivity index (χ4v) is 2.48. The number of anilines is 1. The maximum Gasteiger partial charge on any atom is 0.119 e. The van der Waals surface area contributed by atoms with Crippen molar-refractivity contribution in [3.8, 4) is 5.75 Å². The zero-order chi connectivity index (χ0) is 14.4. The average Bonchev–Trinajstić information content (AvgIpc) is 2.48. The zero-order valence-electron chi connectivity index (χ0n) is 11.9. The highest BCUT2D eigenvalue weighted by molar-refractivity contribution is 9.10. The van der Waals surface area contributed by atoms with E-state index in [2.05, 4.69) is 52.4 Å². The summed E-state index contributed by atoms with van der Waals surface area (Å²) in [5.41, 5.74) is 3.71. The first-order valence-corrected chi connectivity index (χ1v) is 7.67. The molecule has 20 heavy (non-hydrogen) atoms. The van der Waals surface area contributed by atoms with Crippen LogP contribution in [0.15, 0.2) is 46.9 Å². The van der Waals surface area contributed by atoms with Gasteiger partial charge >= 0.3 is 0 Å². The number of benzene rings is 2. The Bertz CT molecular complexity index is 551. The minimum Gasteiger partial charge on any atom is -0.497 e. The first-order chi connectivity index (χ1) is 9.72. The number of ether oxygens (including phenoxy) is 1. The first-order valence-electron chi connectivity index (χ1n) is 6.88. The van der Waals surface area contributed by atoms with Crippen LogP contribution in [0.5, 0.6) is 5.75 Å². The van der Waals surface area contributed by atoms with E-state index >= 15 is 0 Å². The van der Waals surface area contributed by atoms with Crippen molar-refractivity contribution in [3.63, 3.8) is 0 Å². The van der Waals surface area contributed by atoms with Crippen LogP contribution in [-0.4, -0.2) is 7.11 Å². The van der Waals surface area contributed by atoms with E-state index in [4.69, 9.17) is 4.74 Å². The lowest BCUT2D eigenvalue weighted by Gasteiger charge is -2.10. The summed E-state index contributed by atoms with van der Waals surface area (Å²) >= 11 is 3.57. The van der Waals surface area contributed by atoms with Gasteiger partial charge in [0.1, 0.15) is 5.75 Å². The van der Waals surface area contributed by atoms with Crippen LogP contribution in [0.3, 0.4) is 0 Å². The van der Waals surface area contributed by atoms with Crippen LogP contribution in [0, 0.1) is 0 Å². The molecule has 0 heterocycles. The molecule has 0 aliphatic carbocycles.